The van der Waals surface area contributed by atoms with Crippen LogP contribution in [-0.4, -0.2) is 19.9 Å². The third-order valence-electron chi connectivity index (χ3n) is 2.03. The molecule has 7 nitrogen and oxygen atoms in total. The Bertz CT molecular complexity index is 552. The van der Waals surface area contributed by atoms with Crippen LogP contribution in [0.25, 0.3) is 0 Å². The maximum absolute atomic E-state index is 5.69. The minimum absolute atomic E-state index is 0.322. The summed E-state index contributed by atoms with van der Waals surface area (Å²) in [5.41, 5.74) is 16.9. The molecule has 0 saturated carbocycles. The molecule has 0 unspecified atom stereocenters. The van der Waals surface area contributed by atoms with Gasteiger partial charge in [-0.2, -0.15) is 0 Å². The van der Waals surface area contributed by atoms with E-state index in [1.807, 2.05) is 6.92 Å². The van der Waals surface area contributed by atoms with Crippen molar-refractivity contribution in [3.8, 4) is 0 Å². The van der Waals surface area contributed by atoms with Crippen LogP contribution >= 0.6 is 11.8 Å². The topological polar surface area (TPSA) is 130 Å². The lowest BCUT2D eigenvalue weighted by atomic mass is 10.4. The molecule has 2 aromatic rings. The summed E-state index contributed by atoms with van der Waals surface area (Å²) in [4.78, 5) is 16.5. The van der Waals surface area contributed by atoms with Gasteiger partial charge < -0.3 is 17.2 Å². The summed E-state index contributed by atoms with van der Waals surface area (Å²) < 4.78 is 0. The van der Waals surface area contributed by atoms with Crippen LogP contribution in [-0.2, 0) is 6.42 Å². The SMILES string of the molecule is CCc1nc(N)cc(Sc2nc(N)cc(N)n2)n1. The van der Waals surface area contributed by atoms with Gasteiger partial charge in [-0.05, 0) is 11.8 Å². The molecule has 0 fully saturated rings. The molecular formula is C10H13N7S. The van der Waals surface area contributed by atoms with Crippen molar-refractivity contribution in [1.82, 2.24) is 19.9 Å². The van der Waals surface area contributed by atoms with Crippen LogP contribution in [0.4, 0.5) is 17.5 Å². The highest BCUT2D eigenvalue weighted by atomic mass is 32.2. The van der Waals surface area contributed by atoms with Gasteiger partial charge in [0.15, 0.2) is 5.16 Å². The van der Waals surface area contributed by atoms with E-state index in [9.17, 15) is 0 Å². The number of rotatable bonds is 3. The summed E-state index contributed by atoms with van der Waals surface area (Å²) in [7, 11) is 0. The number of nitrogen functional groups attached to an aromatic ring is 3. The molecule has 0 spiro atoms. The van der Waals surface area contributed by atoms with Crippen LogP contribution < -0.4 is 17.2 Å². The van der Waals surface area contributed by atoms with Gasteiger partial charge in [-0.1, -0.05) is 6.92 Å². The molecule has 0 atom stereocenters. The van der Waals surface area contributed by atoms with E-state index in [-0.39, 0.29) is 0 Å². The highest BCUT2D eigenvalue weighted by molar-refractivity contribution is 7.99. The Hall–Kier alpha value is -2.09. The van der Waals surface area contributed by atoms with E-state index in [0.717, 1.165) is 0 Å². The first-order chi connectivity index (χ1) is 8.56. The lowest BCUT2D eigenvalue weighted by Crippen LogP contribution is -2.01. The fourth-order valence-corrected chi connectivity index (χ4v) is 2.12. The van der Waals surface area contributed by atoms with E-state index in [1.54, 1.807) is 6.07 Å². The van der Waals surface area contributed by atoms with Gasteiger partial charge in [0.05, 0.1) is 0 Å². The second-order valence-corrected chi connectivity index (χ2v) is 4.49. The van der Waals surface area contributed by atoms with Crippen molar-refractivity contribution < 1.29 is 0 Å². The normalized spacial score (nSPS) is 10.5. The number of nitrogens with zero attached hydrogens (tertiary/aromatic N) is 4. The monoisotopic (exact) mass is 263 g/mol. The van der Waals surface area contributed by atoms with E-state index in [1.165, 1.54) is 17.8 Å². The summed E-state index contributed by atoms with van der Waals surface area (Å²) in [6, 6.07) is 3.16. The van der Waals surface area contributed by atoms with Crippen LogP contribution in [0.2, 0.25) is 0 Å². The molecule has 0 aliphatic rings. The van der Waals surface area contributed by atoms with Gasteiger partial charge in [-0.25, -0.2) is 19.9 Å². The second kappa shape index (κ2) is 5.05. The molecule has 0 aliphatic carbocycles. The molecule has 2 aromatic heterocycles. The van der Waals surface area contributed by atoms with Gasteiger partial charge in [0.25, 0.3) is 0 Å². The third-order valence-corrected chi connectivity index (χ3v) is 2.81. The Kier molecular flexibility index (Phi) is 3.47. The average molecular weight is 263 g/mol. The number of hydrogen-bond acceptors (Lipinski definition) is 8. The highest BCUT2D eigenvalue weighted by Crippen LogP contribution is 2.25. The van der Waals surface area contributed by atoms with Crippen LogP contribution in [0.5, 0.6) is 0 Å². The number of hydrogen-bond donors (Lipinski definition) is 3. The van der Waals surface area contributed by atoms with Crippen molar-refractivity contribution in [1.29, 1.82) is 0 Å². The van der Waals surface area contributed by atoms with Crippen molar-refractivity contribution in [3.63, 3.8) is 0 Å². The lowest BCUT2D eigenvalue weighted by molar-refractivity contribution is 0.889. The van der Waals surface area contributed by atoms with E-state index < -0.39 is 0 Å². The van der Waals surface area contributed by atoms with E-state index in [2.05, 4.69) is 19.9 Å². The smallest absolute Gasteiger partial charge is 0.197 e. The molecule has 0 amide bonds. The van der Waals surface area contributed by atoms with E-state index in [4.69, 9.17) is 17.2 Å². The molecule has 6 N–H and O–H groups in total. The first-order valence-corrected chi connectivity index (χ1v) is 6.09. The molecular weight excluding hydrogens is 250 g/mol. The minimum Gasteiger partial charge on any atom is -0.384 e. The zero-order valence-corrected chi connectivity index (χ0v) is 10.6. The first-order valence-electron chi connectivity index (χ1n) is 5.28. The number of aryl methyl sites for hydroxylation is 1. The average Bonchev–Trinajstić information content (AvgIpc) is 2.26. The fourth-order valence-electron chi connectivity index (χ4n) is 1.30. The maximum atomic E-state index is 5.69. The molecule has 0 radical (unpaired) electrons. The number of anilines is 3. The Morgan fingerprint density at radius 1 is 0.944 bits per heavy atom. The standard InChI is InChI=1S/C10H13N7S/c1-2-8-14-7(13)4-9(17-8)18-10-15-5(11)3-6(12)16-10/h3-4H,2H2,1H3,(H2,13,14,17)(H4,11,12,15,16). The number of nitrogens with two attached hydrogens (primary N) is 3. The molecule has 0 aliphatic heterocycles. The Morgan fingerprint density at radius 2 is 1.56 bits per heavy atom. The Labute approximate surface area is 108 Å². The van der Waals surface area contributed by atoms with Gasteiger partial charge >= 0.3 is 0 Å². The van der Waals surface area contributed by atoms with Gasteiger partial charge in [-0.15, -0.1) is 0 Å². The fraction of sp³-hybridized carbons (Fsp3) is 0.200. The summed E-state index contributed by atoms with van der Waals surface area (Å²) >= 11 is 1.25. The molecule has 0 aromatic carbocycles. The van der Waals surface area contributed by atoms with Crippen LogP contribution in [0.3, 0.4) is 0 Å². The number of aromatic nitrogens is 4. The zero-order valence-electron chi connectivity index (χ0n) is 9.79. The van der Waals surface area contributed by atoms with Crippen LogP contribution in [0, 0.1) is 0 Å². The second-order valence-electron chi connectivity index (χ2n) is 3.50. The Balaban J connectivity index is 2.30. The van der Waals surface area contributed by atoms with E-state index in [0.29, 0.717) is 39.9 Å². The summed E-state index contributed by atoms with van der Waals surface area (Å²) in [5.74, 6) is 1.74. The quantitative estimate of drug-likeness (QED) is 0.545. The van der Waals surface area contributed by atoms with E-state index >= 15 is 0 Å². The largest absolute Gasteiger partial charge is 0.384 e. The maximum Gasteiger partial charge on any atom is 0.197 e. The van der Waals surface area contributed by atoms with Gasteiger partial charge in [-0.3, -0.25) is 0 Å². The van der Waals surface area contributed by atoms with Crippen LogP contribution in [0.1, 0.15) is 12.7 Å². The molecule has 2 heterocycles. The lowest BCUT2D eigenvalue weighted by Gasteiger charge is -2.04. The molecule has 2 rings (SSSR count). The van der Waals surface area contributed by atoms with Crippen molar-refractivity contribution in [3.05, 3.63) is 18.0 Å². The minimum atomic E-state index is 0.322. The van der Waals surface area contributed by atoms with Crippen molar-refractivity contribution in [2.45, 2.75) is 23.5 Å². The molecule has 0 bridgehead atoms. The molecule has 8 heteroatoms. The van der Waals surface area contributed by atoms with Gasteiger partial charge in [0.1, 0.15) is 28.3 Å². The Morgan fingerprint density at radius 3 is 2.17 bits per heavy atom. The van der Waals surface area contributed by atoms with Gasteiger partial charge in [0, 0.05) is 18.6 Å². The molecule has 94 valence electrons. The molecule has 0 saturated heterocycles. The van der Waals surface area contributed by atoms with Crippen molar-refractivity contribution in [2.75, 3.05) is 17.2 Å². The predicted molar refractivity (Wildman–Crippen MR) is 70.8 cm³/mol. The summed E-state index contributed by atoms with van der Waals surface area (Å²) in [6.07, 6.45) is 0.707. The summed E-state index contributed by atoms with van der Waals surface area (Å²) in [5, 5.41) is 1.11. The zero-order chi connectivity index (χ0) is 13.1. The third kappa shape index (κ3) is 2.98. The van der Waals surface area contributed by atoms with Crippen molar-refractivity contribution in [2.24, 2.45) is 0 Å². The summed E-state index contributed by atoms with van der Waals surface area (Å²) in [6.45, 7) is 1.96. The highest BCUT2D eigenvalue weighted by Gasteiger charge is 2.07. The van der Waals surface area contributed by atoms with Gasteiger partial charge in [0.2, 0.25) is 0 Å². The molecule has 18 heavy (non-hydrogen) atoms. The van der Waals surface area contributed by atoms with Crippen LogP contribution in [0.15, 0.2) is 22.3 Å². The first kappa shape index (κ1) is 12.4. The van der Waals surface area contributed by atoms with Crippen molar-refractivity contribution >= 4 is 29.2 Å². The predicted octanol–water partition coefficient (Wildman–Crippen LogP) is 0.727.